The van der Waals surface area contributed by atoms with Crippen LogP contribution in [-0.4, -0.2) is 76.9 Å². The summed E-state index contributed by atoms with van der Waals surface area (Å²) in [5.41, 5.74) is 21.0. The molecule has 2 aliphatic heterocycles. The van der Waals surface area contributed by atoms with Crippen LogP contribution < -0.4 is 10.6 Å². The van der Waals surface area contributed by atoms with E-state index in [1.54, 1.807) is 0 Å². The Morgan fingerprint density at radius 2 is 0.928 bits per heavy atom. The molecule has 0 spiro atoms. The fourth-order valence-electron chi connectivity index (χ4n) is 12.1. The Hall–Kier alpha value is -7.80. The molecule has 12 heteroatoms. The van der Waals surface area contributed by atoms with E-state index in [1.807, 2.05) is 44.2 Å². The Bertz CT molecular complexity index is 3660. The van der Waals surface area contributed by atoms with Crippen molar-refractivity contribution in [3.63, 3.8) is 0 Å². The number of hydrogen-bond acceptors (Lipinski definition) is 8. The topological polar surface area (TPSA) is 126 Å². The number of hydrogen-bond donors (Lipinski definition) is 2. The van der Waals surface area contributed by atoms with E-state index in [2.05, 4.69) is 161 Å². The first-order valence-electron chi connectivity index (χ1n) is 30.6. The maximum Gasteiger partial charge on any atom is 0.251 e. The molecule has 2 aliphatic rings. The number of benzene rings is 5. The number of nitrogens with one attached hydrogen (secondary N) is 2. The lowest BCUT2D eigenvalue weighted by atomic mass is 9.96. The van der Waals surface area contributed by atoms with E-state index in [0.29, 0.717) is 25.1 Å². The third kappa shape index (κ3) is 14.5. The largest absolute Gasteiger partial charge is 0.352 e. The Balaban J connectivity index is 0.000000185. The molecule has 2 saturated heterocycles. The number of carbonyl (C=O) groups is 2. The van der Waals surface area contributed by atoms with Crippen LogP contribution in [0.3, 0.4) is 0 Å². The van der Waals surface area contributed by atoms with Crippen LogP contribution >= 0.6 is 0 Å². The van der Waals surface area contributed by atoms with Crippen molar-refractivity contribution in [2.45, 2.75) is 152 Å². The molecule has 430 valence electrons. The highest BCUT2D eigenvalue weighted by Gasteiger charge is 2.20. The number of likely N-dealkylation sites (tertiary alicyclic amines) is 2. The van der Waals surface area contributed by atoms with Crippen molar-refractivity contribution in [3.05, 3.63) is 201 Å². The van der Waals surface area contributed by atoms with Crippen LogP contribution in [-0.2, 0) is 56.9 Å². The number of amides is 2. The maximum absolute atomic E-state index is 12.8. The number of aryl methyl sites for hydroxylation is 6. The van der Waals surface area contributed by atoms with Crippen molar-refractivity contribution in [2.75, 3.05) is 26.2 Å². The molecule has 11 rings (SSSR count). The second-order valence-corrected chi connectivity index (χ2v) is 23.1. The average molecular weight is 1110 g/mol. The van der Waals surface area contributed by atoms with Gasteiger partial charge in [-0.15, -0.1) is 0 Å². The van der Waals surface area contributed by atoms with E-state index in [9.17, 15) is 9.59 Å². The SMILES string of the molecule is CCCCCC(=O)NCc1ccc(CN2CCCC2)cc1-c1ccc(Cn2c(CC)nc3c(C)cc(C)nc32)cc1.CCc1nc2c(C)cc(C)nc2n1Cc1ccc(-c2cc(CN3CCCC3)ccc2CNC(=O)c2ccccc2)cc1. The number of rotatable bonds is 21. The van der Waals surface area contributed by atoms with Gasteiger partial charge in [-0.2, -0.15) is 0 Å². The first-order chi connectivity index (χ1) is 40.4. The van der Waals surface area contributed by atoms with Gasteiger partial charge in [0.2, 0.25) is 5.91 Å². The Morgan fingerprint density at radius 3 is 1.37 bits per heavy atom. The van der Waals surface area contributed by atoms with E-state index in [-0.39, 0.29) is 11.8 Å². The molecule has 2 fully saturated rings. The van der Waals surface area contributed by atoms with Gasteiger partial charge in [0.1, 0.15) is 22.7 Å². The molecule has 5 aromatic carbocycles. The molecule has 4 aromatic heterocycles. The first kappa shape index (κ1) is 58.4. The molecular weight excluding hydrogens is 1020 g/mol. The van der Waals surface area contributed by atoms with Crippen molar-refractivity contribution in [1.82, 2.24) is 49.5 Å². The standard InChI is InChI=1S/C36H39N5O.C35H45N5O/c1-4-33-39-34-25(2)20-26(3)38-35(34)41(33)24-27-12-15-29(16-13-27)32-21-28(23-40-18-8-9-19-40)14-17-31(32)22-37-36(42)30-10-6-5-7-11-30;1-5-7-8-11-33(41)36-22-30-17-14-28(23-39-18-9-10-19-39)21-31(30)29-15-12-27(13-16-29)24-40-32(6-2)38-34-25(3)20-26(4)37-35(34)40/h5-7,10-17,20-21H,4,8-9,18-19,22-24H2,1-3H3,(H,37,42);12-17,20-21H,5-11,18-19,22-24H2,1-4H3,(H,36,41). The second kappa shape index (κ2) is 27.5. The van der Waals surface area contributed by atoms with Gasteiger partial charge in [0, 0.05) is 62.4 Å². The van der Waals surface area contributed by atoms with Gasteiger partial charge in [0.05, 0.1) is 13.1 Å². The van der Waals surface area contributed by atoms with E-state index in [1.165, 1.54) is 88.8 Å². The summed E-state index contributed by atoms with van der Waals surface area (Å²) in [7, 11) is 0. The van der Waals surface area contributed by atoms with Crippen LogP contribution in [0.25, 0.3) is 44.6 Å². The number of fused-ring (bicyclic) bond motifs is 2. The fraction of sp³-hybridized carbons (Fsp3) is 0.380. The molecule has 0 radical (unpaired) electrons. The summed E-state index contributed by atoms with van der Waals surface area (Å²) < 4.78 is 4.52. The van der Waals surface area contributed by atoms with Crippen LogP contribution in [0.15, 0.2) is 127 Å². The zero-order valence-electron chi connectivity index (χ0n) is 50.2. The highest BCUT2D eigenvalue weighted by atomic mass is 16.2. The van der Waals surface area contributed by atoms with E-state index >= 15 is 0 Å². The monoisotopic (exact) mass is 1110 g/mol. The van der Waals surface area contributed by atoms with Gasteiger partial charge in [-0.1, -0.05) is 125 Å². The lowest BCUT2D eigenvalue weighted by molar-refractivity contribution is -0.121. The summed E-state index contributed by atoms with van der Waals surface area (Å²) in [4.78, 5) is 49.9. The fourth-order valence-corrected chi connectivity index (χ4v) is 12.1. The molecule has 0 bridgehead atoms. The highest BCUT2D eigenvalue weighted by Crippen LogP contribution is 2.31. The predicted molar refractivity (Wildman–Crippen MR) is 337 cm³/mol. The van der Waals surface area contributed by atoms with Gasteiger partial charge in [-0.3, -0.25) is 19.4 Å². The van der Waals surface area contributed by atoms with Crippen molar-refractivity contribution in [3.8, 4) is 22.3 Å². The summed E-state index contributed by atoms with van der Waals surface area (Å²) in [5, 5.41) is 6.31. The molecular formula is C71H84N10O2. The van der Waals surface area contributed by atoms with Gasteiger partial charge in [0.15, 0.2) is 11.3 Å². The van der Waals surface area contributed by atoms with Gasteiger partial charge >= 0.3 is 0 Å². The van der Waals surface area contributed by atoms with E-state index in [4.69, 9.17) is 19.9 Å². The number of imidazole rings is 2. The minimum atomic E-state index is -0.0589. The molecule has 0 aliphatic carbocycles. The Labute approximate surface area is 491 Å². The van der Waals surface area contributed by atoms with Crippen LogP contribution in [0.4, 0.5) is 0 Å². The molecule has 0 unspecified atom stereocenters. The summed E-state index contributed by atoms with van der Waals surface area (Å²) in [6, 6.07) is 44.9. The molecule has 12 nitrogen and oxygen atoms in total. The van der Waals surface area contributed by atoms with Gasteiger partial charge in [-0.25, -0.2) is 19.9 Å². The van der Waals surface area contributed by atoms with Crippen molar-refractivity contribution < 1.29 is 9.59 Å². The lowest BCUT2D eigenvalue weighted by Crippen LogP contribution is -2.23. The lowest BCUT2D eigenvalue weighted by Gasteiger charge is -2.18. The number of nitrogens with zero attached hydrogens (tertiary/aromatic N) is 8. The van der Waals surface area contributed by atoms with Crippen LogP contribution in [0.1, 0.15) is 150 Å². The molecule has 2 N–H and O–H groups in total. The number of unbranched alkanes of at least 4 members (excludes halogenated alkanes) is 2. The first-order valence-corrected chi connectivity index (χ1v) is 30.6. The molecule has 2 amide bonds. The van der Waals surface area contributed by atoms with Gasteiger partial charge in [0.25, 0.3) is 5.91 Å². The van der Waals surface area contributed by atoms with Crippen LogP contribution in [0.5, 0.6) is 0 Å². The summed E-state index contributed by atoms with van der Waals surface area (Å²) in [5.74, 6) is 2.20. The zero-order valence-corrected chi connectivity index (χ0v) is 50.2. The van der Waals surface area contributed by atoms with Crippen LogP contribution in [0, 0.1) is 27.7 Å². The molecule has 0 saturated carbocycles. The number of carbonyl (C=O) groups excluding carboxylic acids is 2. The Morgan fingerprint density at radius 1 is 0.482 bits per heavy atom. The van der Waals surface area contributed by atoms with Crippen molar-refractivity contribution in [1.29, 1.82) is 0 Å². The smallest absolute Gasteiger partial charge is 0.251 e. The minimum Gasteiger partial charge on any atom is -0.352 e. The zero-order chi connectivity index (χ0) is 57.8. The Kier molecular flexibility index (Phi) is 19.4. The summed E-state index contributed by atoms with van der Waals surface area (Å²) >= 11 is 0. The van der Waals surface area contributed by atoms with Crippen LogP contribution in [0.2, 0.25) is 0 Å². The summed E-state index contributed by atoms with van der Waals surface area (Å²) in [6.07, 6.45) is 10.6. The predicted octanol–water partition coefficient (Wildman–Crippen LogP) is 14.0. The third-order valence-corrected chi connectivity index (χ3v) is 16.6. The van der Waals surface area contributed by atoms with Crippen molar-refractivity contribution >= 4 is 34.1 Å². The van der Waals surface area contributed by atoms with Gasteiger partial charge in [-0.05, 0) is 189 Å². The van der Waals surface area contributed by atoms with E-state index in [0.717, 1.165) is 133 Å². The number of aromatic nitrogens is 6. The quantitative estimate of drug-likeness (QED) is 0.0682. The third-order valence-electron chi connectivity index (χ3n) is 16.6. The van der Waals surface area contributed by atoms with Crippen molar-refractivity contribution in [2.24, 2.45) is 0 Å². The maximum atomic E-state index is 12.8. The highest BCUT2D eigenvalue weighted by molar-refractivity contribution is 5.94. The average Bonchev–Trinajstić information content (AvgIpc) is 4.54. The normalized spacial score (nSPS) is 13.7. The minimum absolute atomic E-state index is 0.0589. The molecule has 0 atom stereocenters. The molecule has 83 heavy (non-hydrogen) atoms. The van der Waals surface area contributed by atoms with Gasteiger partial charge < -0.3 is 19.8 Å². The number of pyridine rings is 2. The summed E-state index contributed by atoms with van der Waals surface area (Å²) in [6.45, 7) is 23.9. The second-order valence-electron chi connectivity index (χ2n) is 23.1. The molecule has 6 heterocycles. The van der Waals surface area contributed by atoms with E-state index < -0.39 is 0 Å². The molecule has 9 aromatic rings.